The summed E-state index contributed by atoms with van der Waals surface area (Å²) < 4.78 is 10.4. The molecule has 0 radical (unpaired) electrons. The molecule has 1 amide bonds. The number of alkyl carbamates (subject to hydrolysis) is 1. The van der Waals surface area contributed by atoms with E-state index in [2.05, 4.69) is 5.32 Å². The van der Waals surface area contributed by atoms with Crippen molar-refractivity contribution in [3.05, 3.63) is 71.8 Å². The van der Waals surface area contributed by atoms with E-state index in [0.29, 0.717) is 13.0 Å². The van der Waals surface area contributed by atoms with Gasteiger partial charge in [-0.25, -0.2) is 9.59 Å². The van der Waals surface area contributed by atoms with Crippen LogP contribution in [0.15, 0.2) is 60.7 Å². The zero-order chi connectivity index (χ0) is 17.9. The number of hydrogen-bond donors (Lipinski definition) is 1. The number of rotatable bonds is 8. The predicted octanol–water partition coefficient (Wildman–Crippen LogP) is 3.48. The highest BCUT2D eigenvalue weighted by atomic mass is 16.6. The fourth-order valence-electron chi connectivity index (χ4n) is 2.25. The topological polar surface area (TPSA) is 64.6 Å². The van der Waals surface area contributed by atoms with E-state index in [-0.39, 0.29) is 6.61 Å². The summed E-state index contributed by atoms with van der Waals surface area (Å²) in [6.45, 7) is 2.38. The van der Waals surface area contributed by atoms with Crippen LogP contribution in [0, 0.1) is 0 Å². The van der Waals surface area contributed by atoms with E-state index in [1.807, 2.05) is 67.6 Å². The zero-order valence-electron chi connectivity index (χ0n) is 14.3. The molecule has 0 saturated carbocycles. The van der Waals surface area contributed by atoms with E-state index in [1.165, 1.54) is 0 Å². The molecule has 0 aliphatic heterocycles. The van der Waals surface area contributed by atoms with Gasteiger partial charge in [0.2, 0.25) is 0 Å². The second-order valence-electron chi connectivity index (χ2n) is 5.62. The Morgan fingerprint density at radius 2 is 1.52 bits per heavy atom. The Morgan fingerprint density at radius 3 is 2.12 bits per heavy atom. The summed E-state index contributed by atoms with van der Waals surface area (Å²) in [7, 11) is 0. The van der Waals surface area contributed by atoms with Gasteiger partial charge in [0.05, 0.1) is 6.61 Å². The van der Waals surface area contributed by atoms with Crippen molar-refractivity contribution in [2.75, 3.05) is 6.61 Å². The molecular weight excluding hydrogens is 318 g/mol. The van der Waals surface area contributed by atoms with Gasteiger partial charge >= 0.3 is 12.1 Å². The van der Waals surface area contributed by atoms with Crippen LogP contribution >= 0.6 is 0 Å². The minimum atomic E-state index is -0.796. The van der Waals surface area contributed by atoms with Crippen molar-refractivity contribution in [3.63, 3.8) is 0 Å². The lowest BCUT2D eigenvalue weighted by Gasteiger charge is -2.18. The summed E-state index contributed by atoms with van der Waals surface area (Å²) in [6.07, 6.45) is 0.449. The van der Waals surface area contributed by atoms with Crippen LogP contribution in [0.3, 0.4) is 0 Å². The monoisotopic (exact) mass is 341 g/mol. The molecule has 0 spiro atoms. The van der Waals surface area contributed by atoms with E-state index < -0.39 is 18.1 Å². The van der Waals surface area contributed by atoms with Crippen molar-refractivity contribution in [1.29, 1.82) is 0 Å². The molecule has 0 aliphatic rings. The van der Waals surface area contributed by atoms with E-state index in [1.54, 1.807) is 0 Å². The van der Waals surface area contributed by atoms with Gasteiger partial charge in [0.25, 0.3) is 0 Å². The summed E-state index contributed by atoms with van der Waals surface area (Å²) >= 11 is 0. The Hall–Kier alpha value is -2.82. The fourth-order valence-corrected chi connectivity index (χ4v) is 2.25. The molecule has 0 aromatic heterocycles. The molecule has 132 valence electrons. The van der Waals surface area contributed by atoms with E-state index in [0.717, 1.165) is 17.5 Å². The molecule has 5 heteroatoms. The second kappa shape index (κ2) is 10.1. The van der Waals surface area contributed by atoms with Crippen LogP contribution < -0.4 is 5.32 Å². The molecule has 2 rings (SSSR count). The number of ether oxygens (including phenoxy) is 2. The lowest BCUT2D eigenvalue weighted by atomic mass is 10.1. The van der Waals surface area contributed by atoms with Gasteiger partial charge in [-0.15, -0.1) is 0 Å². The summed E-state index contributed by atoms with van der Waals surface area (Å²) in [6, 6.07) is 18.1. The molecule has 0 fully saturated rings. The van der Waals surface area contributed by atoms with Crippen LogP contribution in [-0.2, 0) is 27.3 Å². The maximum atomic E-state index is 12.4. The Labute approximate surface area is 148 Å². The van der Waals surface area contributed by atoms with Gasteiger partial charge in [0.1, 0.15) is 12.6 Å². The SMILES string of the molecule is CCCOC(=O)NC(Cc1ccccc1)C(=O)OCc1ccccc1. The number of esters is 1. The van der Waals surface area contributed by atoms with E-state index in [4.69, 9.17) is 9.47 Å². The second-order valence-corrected chi connectivity index (χ2v) is 5.62. The molecule has 5 nitrogen and oxygen atoms in total. The highest BCUT2D eigenvalue weighted by Crippen LogP contribution is 2.07. The highest BCUT2D eigenvalue weighted by Gasteiger charge is 2.23. The summed E-state index contributed by atoms with van der Waals surface area (Å²) in [5.74, 6) is -0.485. The maximum Gasteiger partial charge on any atom is 0.407 e. The number of amides is 1. The first-order valence-electron chi connectivity index (χ1n) is 8.37. The predicted molar refractivity (Wildman–Crippen MR) is 94.9 cm³/mol. The van der Waals surface area contributed by atoms with Crippen molar-refractivity contribution >= 4 is 12.1 Å². The largest absolute Gasteiger partial charge is 0.459 e. The minimum Gasteiger partial charge on any atom is -0.459 e. The fraction of sp³-hybridized carbons (Fsp3) is 0.300. The first-order valence-corrected chi connectivity index (χ1v) is 8.37. The summed E-state index contributed by atoms with van der Waals surface area (Å²) in [5.41, 5.74) is 1.82. The van der Waals surface area contributed by atoms with Gasteiger partial charge < -0.3 is 14.8 Å². The van der Waals surface area contributed by atoms with Gasteiger partial charge in [-0.1, -0.05) is 67.6 Å². The van der Waals surface area contributed by atoms with Gasteiger partial charge in [-0.3, -0.25) is 0 Å². The molecule has 1 N–H and O–H groups in total. The van der Waals surface area contributed by atoms with Crippen molar-refractivity contribution in [1.82, 2.24) is 5.32 Å². The average Bonchev–Trinajstić information content (AvgIpc) is 2.65. The molecule has 2 aromatic rings. The van der Waals surface area contributed by atoms with Crippen molar-refractivity contribution in [2.45, 2.75) is 32.4 Å². The first kappa shape index (κ1) is 18.5. The zero-order valence-corrected chi connectivity index (χ0v) is 14.3. The van der Waals surface area contributed by atoms with Gasteiger partial charge in [0, 0.05) is 6.42 Å². The number of carbonyl (C=O) groups is 2. The summed E-state index contributed by atoms with van der Waals surface area (Å²) in [5, 5.41) is 2.60. The first-order chi connectivity index (χ1) is 12.2. The van der Waals surface area contributed by atoms with Crippen molar-refractivity contribution in [3.8, 4) is 0 Å². The average molecular weight is 341 g/mol. The molecule has 0 saturated heterocycles. The van der Waals surface area contributed by atoms with Gasteiger partial charge in [-0.2, -0.15) is 0 Å². The van der Waals surface area contributed by atoms with Crippen molar-refractivity contribution < 1.29 is 19.1 Å². The molecule has 0 bridgehead atoms. The normalized spacial score (nSPS) is 11.4. The number of carbonyl (C=O) groups excluding carboxylic acids is 2. The van der Waals surface area contributed by atoms with Crippen LogP contribution in [0.25, 0.3) is 0 Å². The Bertz CT molecular complexity index is 658. The Morgan fingerprint density at radius 1 is 0.920 bits per heavy atom. The lowest BCUT2D eigenvalue weighted by molar-refractivity contribution is -0.147. The quantitative estimate of drug-likeness (QED) is 0.747. The third-order valence-electron chi connectivity index (χ3n) is 3.52. The number of hydrogen-bond acceptors (Lipinski definition) is 4. The third kappa shape index (κ3) is 6.67. The molecule has 0 aliphatic carbocycles. The van der Waals surface area contributed by atoms with Gasteiger partial charge in [0.15, 0.2) is 0 Å². The van der Waals surface area contributed by atoms with Crippen LogP contribution in [0.5, 0.6) is 0 Å². The molecule has 1 unspecified atom stereocenters. The number of nitrogens with one attached hydrogen (secondary N) is 1. The Kier molecular flexibility index (Phi) is 7.50. The van der Waals surface area contributed by atoms with Crippen LogP contribution in [0.1, 0.15) is 24.5 Å². The third-order valence-corrected chi connectivity index (χ3v) is 3.52. The molecule has 1 atom stereocenters. The van der Waals surface area contributed by atoms with Crippen molar-refractivity contribution in [2.24, 2.45) is 0 Å². The van der Waals surface area contributed by atoms with Crippen LogP contribution in [0.2, 0.25) is 0 Å². The number of benzene rings is 2. The maximum absolute atomic E-state index is 12.4. The lowest BCUT2D eigenvalue weighted by Crippen LogP contribution is -2.43. The van der Waals surface area contributed by atoms with E-state index >= 15 is 0 Å². The van der Waals surface area contributed by atoms with Crippen LogP contribution in [-0.4, -0.2) is 24.7 Å². The van der Waals surface area contributed by atoms with Crippen LogP contribution in [0.4, 0.5) is 4.79 Å². The highest BCUT2D eigenvalue weighted by molar-refractivity contribution is 5.81. The molecular formula is C20H23NO4. The smallest absolute Gasteiger partial charge is 0.407 e. The summed E-state index contributed by atoms with van der Waals surface area (Å²) in [4.78, 5) is 24.3. The van der Waals surface area contributed by atoms with Gasteiger partial charge in [-0.05, 0) is 17.5 Å². The van der Waals surface area contributed by atoms with E-state index in [9.17, 15) is 9.59 Å². The minimum absolute atomic E-state index is 0.163. The molecule has 0 heterocycles. The molecule has 2 aromatic carbocycles. The standard InChI is InChI=1S/C20H23NO4/c1-2-13-24-20(23)21-18(14-16-9-5-3-6-10-16)19(22)25-15-17-11-7-4-8-12-17/h3-12,18H,2,13-15H2,1H3,(H,21,23). The Balaban J connectivity index is 1.98. The molecule has 25 heavy (non-hydrogen) atoms.